The molecule has 0 radical (unpaired) electrons. The lowest BCUT2D eigenvalue weighted by atomic mass is 10.2. The number of nitrogens with one attached hydrogen (secondary N) is 2. The van der Waals surface area contributed by atoms with E-state index in [1.165, 1.54) is 11.3 Å². The first-order chi connectivity index (χ1) is 13.5. The van der Waals surface area contributed by atoms with Gasteiger partial charge in [0, 0.05) is 5.56 Å². The average Bonchev–Trinajstić information content (AvgIpc) is 3.16. The monoisotopic (exact) mass is 416 g/mol. The first kappa shape index (κ1) is 19.8. The maximum atomic E-state index is 12.4. The van der Waals surface area contributed by atoms with Crippen molar-refractivity contribution in [3.05, 3.63) is 59.1 Å². The van der Waals surface area contributed by atoms with Crippen LogP contribution < -0.4 is 15.4 Å². The van der Waals surface area contributed by atoms with Crippen molar-refractivity contribution < 1.29 is 14.3 Å². The lowest BCUT2D eigenvalue weighted by Gasteiger charge is -2.13. The third-order valence-corrected chi connectivity index (χ3v) is 5.07. The minimum atomic E-state index is -0.780. The summed E-state index contributed by atoms with van der Waals surface area (Å²) in [6.07, 6.45) is 0. The van der Waals surface area contributed by atoms with Crippen LogP contribution in [0.1, 0.15) is 17.3 Å². The molecule has 0 saturated heterocycles. The maximum absolute atomic E-state index is 12.4. The second kappa shape index (κ2) is 8.81. The summed E-state index contributed by atoms with van der Waals surface area (Å²) >= 11 is 7.24. The van der Waals surface area contributed by atoms with Crippen molar-refractivity contribution in [2.75, 3.05) is 12.4 Å². The lowest BCUT2D eigenvalue weighted by Crippen LogP contribution is -2.41. The quantitative estimate of drug-likeness (QED) is 0.640. The van der Waals surface area contributed by atoms with Crippen LogP contribution in [0.5, 0.6) is 5.75 Å². The van der Waals surface area contributed by atoms with Crippen molar-refractivity contribution in [1.29, 1.82) is 0 Å². The van der Waals surface area contributed by atoms with Crippen molar-refractivity contribution in [3.63, 3.8) is 0 Å². The fourth-order valence-electron chi connectivity index (χ4n) is 2.32. The van der Waals surface area contributed by atoms with E-state index in [1.807, 2.05) is 24.3 Å². The van der Waals surface area contributed by atoms with Crippen molar-refractivity contribution in [2.24, 2.45) is 0 Å². The Morgan fingerprint density at radius 2 is 1.82 bits per heavy atom. The van der Waals surface area contributed by atoms with Gasteiger partial charge in [-0.2, -0.15) is 0 Å². The number of halogens is 1. The van der Waals surface area contributed by atoms with E-state index < -0.39 is 17.9 Å². The Kier molecular flexibility index (Phi) is 6.23. The van der Waals surface area contributed by atoms with Gasteiger partial charge in [0.1, 0.15) is 16.8 Å². The van der Waals surface area contributed by atoms with Crippen LogP contribution in [0, 0.1) is 0 Å². The highest BCUT2D eigenvalue weighted by atomic mass is 35.5. The Morgan fingerprint density at radius 1 is 1.11 bits per heavy atom. The molecule has 1 aromatic heterocycles. The first-order valence-corrected chi connectivity index (χ1v) is 9.51. The second-order valence-corrected chi connectivity index (χ2v) is 7.19. The number of hydrogen-bond donors (Lipinski definition) is 2. The number of carbonyl (C=O) groups is 2. The van der Waals surface area contributed by atoms with Crippen LogP contribution in [0.15, 0.2) is 48.5 Å². The molecule has 2 aromatic carbocycles. The Bertz CT molecular complexity index is 991. The van der Waals surface area contributed by atoms with E-state index in [1.54, 1.807) is 38.3 Å². The molecule has 28 heavy (non-hydrogen) atoms. The molecule has 0 saturated carbocycles. The van der Waals surface area contributed by atoms with Gasteiger partial charge < -0.3 is 10.1 Å². The summed E-state index contributed by atoms with van der Waals surface area (Å²) in [5.41, 5.74) is 1.17. The molecule has 3 aromatic rings. The number of aromatic nitrogens is 2. The van der Waals surface area contributed by atoms with E-state index in [0.29, 0.717) is 20.7 Å². The molecule has 0 bridgehead atoms. The van der Waals surface area contributed by atoms with Crippen LogP contribution in [0.3, 0.4) is 0 Å². The minimum absolute atomic E-state index is 0.307. The van der Waals surface area contributed by atoms with Crippen molar-refractivity contribution in [3.8, 4) is 16.3 Å². The molecule has 3 rings (SSSR count). The summed E-state index contributed by atoms with van der Waals surface area (Å²) < 4.78 is 5.13. The number of anilines is 1. The van der Waals surface area contributed by atoms with Crippen molar-refractivity contribution in [2.45, 2.75) is 13.0 Å². The molecule has 0 fully saturated rings. The Labute approximate surface area is 170 Å². The van der Waals surface area contributed by atoms with Gasteiger partial charge >= 0.3 is 0 Å². The summed E-state index contributed by atoms with van der Waals surface area (Å²) in [4.78, 5) is 24.6. The van der Waals surface area contributed by atoms with Gasteiger partial charge in [0.15, 0.2) is 0 Å². The molecule has 0 spiro atoms. The van der Waals surface area contributed by atoms with E-state index in [4.69, 9.17) is 16.3 Å². The zero-order valence-electron chi connectivity index (χ0n) is 15.1. The molecular weight excluding hydrogens is 400 g/mol. The van der Waals surface area contributed by atoms with E-state index in [9.17, 15) is 9.59 Å². The molecule has 1 atom stereocenters. The Hall–Kier alpha value is -2.97. The van der Waals surface area contributed by atoms with Gasteiger partial charge in [-0.05, 0) is 43.3 Å². The molecule has 1 heterocycles. The van der Waals surface area contributed by atoms with E-state index in [2.05, 4.69) is 20.8 Å². The standard InChI is InChI=1S/C19H17ClN4O3S/c1-11(21-17(26)14-5-3-4-6-15(14)20)16(25)22-19-24-23-18(28-19)12-7-9-13(27-2)10-8-12/h3-11H,1-2H3,(H,21,26)(H,22,24,25). The number of methoxy groups -OCH3 is 1. The number of benzene rings is 2. The maximum Gasteiger partial charge on any atom is 0.253 e. The SMILES string of the molecule is COc1ccc(-c2nnc(NC(=O)C(C)NC(=O)c3ccccc3Cl)s2)cc1. The van der Waals surface area contributed by atoms with Gasteiger partial charge in [0.25, 0.3) is 5.91 Å². The van der Waals surface area contributed by atoms with Crippen LogP contribution in [0.25, 0.3) is 10.6 Å². The van der Waals surface area contributed by atoms with Crippen LogP contribution >= 0.6 is 22.9 Å². The van der Waals surface area contributed by atoms with Crippen molar-refractivity contribution >= 4 is 39.9 Å². The molecule has 0 aliphatic rings. The molecule has 144 valence electrons. The van der Waals surface area contributed by atoms with E-state index in [-0.39, 0.29) is 0 Å². The summed E-state index contributed by atoms with van der Waals surface area (Å²) in [6, 6.07) is 13.2. The normalized spacial score (nSPS) is 11.5. The third kappa shape index (κ3) is 4.65. The number of ether oxygens (including phenoxy) is 1. The van der Waals surface area contributed by atoms with Gasteiger partial charge in [-0.15, -0.1) is 10.2 Å². The second-order valence-electron chi connectivity index (χ2n) is 5.81. The molecular formula is C19H17ClN4O3S. The molecule has 7 nitrogen and oxygen atoms in total. The lowest BCUT2D eigenvalue weighted by molar-refractivity contribution is -0.117. The van der Waals surface area contributed by atoms with Gasteiger partial charge in [0.2, 0.25) is 11.0 Å². The summed E-state index contributed by atoms with van der Waals surface area (Å²) in [5.74, 6) is -0.0906. The summed E-state index contributed by atoms with van der Waals surface area (Å²) in [7, 11) is 1.60. The number of amides is 2. The molecule has 1 unspecified atom stereocenters. The molecule has 9 heteroatoms. The largest absolute Gasteiger partial charge is 0.497 e. The molecule has 0 aliphatic heterocycles. The minimum Gasteiger partial charge on any atom is -0.497 e. The number of nitrogens with zero attached hydrogens (tertiary/aromatic N) is 2. The summed E-state index contributed by atoms with van der Waals surface area (Å²) in [5, 5.41) is 14.7. The highest BCUT2D eigenvalue weighted by Crippen LogP contribution is 2.27. The highest BCUT2D eigenvalue weighted by molar-refractivity contribution is 7.18. The van der Waals surface area contributed by atoms with Gasteiger partial charge in [0.05, 0.1) is 17.7 Å². The molecule has 0 aliphatic carbocycles. The average molecular weight is 417 g/mol. The fourth-order valence-corrected chi connectivity index (χ4v) is 3.30. The van der Waals surface area contributed by atoms with Crippen LogP contribution in [-0.4, -0.2) is 35.2 Å². The number of carbonyl (C=O) groups excluding carboxylic acids is 2. The predicted molar refractivity (Wildman–Crippen MR) is 109 cm³/mol. The van der Waals surface area contributed by atoms with Gasteiger partial charge in [-0.1, -0.05) is 35.1 Å². The van der Waals surface area contributed by atoms with E-state index in [0.717, 1.165) is 11.3 Å². The van der Waals surface area contributed by atoms with E-state index >= 15 is 0 Å². The topological polar surface area (TPSA) is 93.2 Å². The number of hydrogen-bond acceptors (Lipinski definition) is 6. The van der Waals surface area contributed by atoms with Crippen molar-refractivity contribution in [1.82, 2.24) is 15.5 Å². The smallest absolute Gasteiger partial charge is 0.253 e. The van der Waals surface area contributed by atoms with Crippen LogP contribution in [-0.2, 0) is 4.79 Å². The summed E-state index contributed by atoms with van der Waals surface area (Å²) in [6.45, 7) is 1.58. The zero-order valence-corrected chi connectivity index (χ0v) is 16.7. The number of rotatable bonds is 6. The van der Waals surface area contributed by atoms with Crippen LogP contribution in [0.4, 0.5) is 5.13 Å². The van der Waals surface area contributed by atoms with Crippen LogP contribution in [0.2, 0.25) is 5.02 Å². The van der Waals surface area contributed by atoms with Gasteiger partial charge in [-0.25, -0.2) is 0 Å². The first-order valence-electron chi connectivity index (χ1n) is 8.32. The highest BCUT2D eigenvalue weighted by Gasteiger charge is 2.19. The Morgan fingerprint density at radius 3 is 2.50 bits per heavy atom. The fraction of sp³-hybridized carbons (Fsp3) is 0.158. The zero-order chi connectivity index (χ0) is 20.1. The molecule has 2 amide bonds. The predicted octanol–water partition coefficient (Wildman–Crippen LogP) is 3.62. The Balaban J connectivity index is 1.62. The molecule has 2 N–H and O–H groups in total. The van der Waals surface area contributed by atoms with Gasteiger partial charge in [-0.3, -0.25) is 14.9 Å². The third-order valence-electron chi connectivity index (χ3n) is 3.85.